The summed E-state index contributed by atoms with van der Waals surface area (Å²) in [4.78, 5) is 11.8. The molecule has 19 heavy (non-hydrogen) atoms. The Balaban J connectivity index is 3.34. The van der Waals surface area contributed by atoms with Crippen LogP contribution in [0.4, 0.5) is 5.69 Å². The first kappa shape index (κ1) is 15.3. The molecule has 0 amide bonds. The second-order valence-corrected chi connectivity index (χ2v) is 4.80. The molecule has 0 saturated heterocycles. The van der Waals surface area contributed by atoms with Crippen molar-refractivity contribution in [2.45, 2.75) is 44.9 Å². The van der Waals surface area contributed by atoms with E-state index in [4.69, 9.17) is 10.5 Å². The van der Waals surface area contributed by atoms with E-state index in [0.29, 0.717) is 29.8 Å². The number of carboxylic acid groups (broad SMARTS) is 1. The molecule has 0 aliphatic rings. The van der Waals surface area contributed by atoms with E-state index in [9.17, 15) is 9.90 Å². The van der Waals surface area contributed by atoms with Crippen LogP contribution in [0.2, 0.25) is 0 Å². The molecule has 1 unspecified atom stereocenters. The summed E-state index contributed by atoms with van der Waals surface area (Å²) in [6, 6.07) is 5.22. The molecule has 0 spiro atoms. The van der Waals surface area contributed by atoms with Crippen LogP contribution >= 0.6 is 0 Å². The van der Waals surface area contributed by atoms with Gasteiger partial charge in [0.25, 0.3) is 0 Å². The molecule has 4 nitrogen and oxygen atoms in total. The number of benzene rings is 1. The largest absolute Gasteiger partial charge is 0.497 e. The first-order valence-corrected chi connectivity index (χ1v) is 6.69. The van der Waals surface area contributed by atoms with Gasteiger partial charge < -0.3 is 15.6 Å². The molecule has 106 valence electrons. The quantitative estimate of drug-likeness (QED) is 0.742. The molecule has 0 fully saturated rings. The first-order valence-electron chi connectivity index (χ1n) is 6.69. The molecule has 0 bridgehead atoms. The van der Waals surface area contributed by atoms with E-state index in [1.807, 2.05) is 6.92 Å². The Labute approximate surface area is 114 Å². The highest BCUT2D eigenvalue weighted by Crippen LogP contribution is 2.39. The van der Waals surface area contributed by atoms with Crippen LogP contribution in [0.1, 0.15) is 45.1 Å². The van der Waals surface area contributed by atoms with Gasteiger partial charge in [0.15, 0.2) is 0 Å². The number of nitrogens with two attached hydrogens (primary N) is 1. The fourth-order valence-corrected chi connectivity index (χ4v) is 2.43. The highest BCUT2D eigenvalue weighted by Gasteiger charge is 2.39. The molecule has 0 radical (unpaired) electrons. The Morgan fingerprint density at radius 1 is 1.42 bits per heavy atom. The number of rotatable bonds is 7. The summed E-state index contributed by atoms with van der Waals surface area (Å²) in [6.07, 6.45) is 2.92. The molecule has 0 heterocycles. The number of methoxy groups -OCH3 is 1. The third-order valence-electron chi connectivity index (χ3n) is 3.75. The number of carbonyl (C=O) groups is 1. The SMILES string of the molecule is CCCCC(CC)(C(=O)O)c1cc(OC)ccc1N. The fourth-order valence-electron chi connectivity index (χ4n) is 2.43. The van der Waals surface area contributed by atoms with Gasteiger partial charge in [0.1, 0.15) is 5.75 Å². The van der Waals surface area contributed by atoms with Crippen molar-refractivity contribution in [3.8, 4) is 5.75 Å². The minimum absolute atomic E-state index is 0.514. The predicted octanol–water partition coefficient (Wildman–Crippen LogP) is 3.20. The van der Waals surface area contributed by atoms with Gasteiger partial charge in [-0.25, -0.2) is 0 Å². The summed E-state index contributed by atoms with van der Waals surface area (Å²) < 4.78 is 5.19. The summed E-state index contributed by atoms with van der Waals surface area (Å²) in [5.74, 6) is -0.178. The van der Waals surface area contributed by atoms with Crippen molar-refractivity contribution in [3.05, 3.63) is 23.8 Å². The zero-order valence-electron chi connectivity index (χ0n) is 11.9. The van der Waals surface area contributed by atoms with Gasteiger partial charge in [-0.3, -0.25) is 4.79 Å². The Bertz CT molecular complexity index is 445. The van der Waals surface area contributed by atoms with E-state index in [2.05, 4.69) is 6.92 Å². The topological polar surface area (TPSA) is 72.5 Å². The number of anilines is 1. The minimum Gasteiger partial charge on any atom is -0.497 e. The van der Waals surface area contributed by atoms with Crippen molar-refractivity contribution in [2.75, 3.05) is 12.8 Å². The molecule has 4 heteroatoms. The van der Waals surface area contributed by atoms with E-state index >= 15 is 0 Å². The maximum atomic E-state index is 11.8. The van der Waals surface area contributed by atoms with Gasteiger partial charge in [0.05, 0.1) is 12.5 Å². The summed E-state index contributed by atoms with van der Waals surface area (Å²) >= 11 is 0. The number of hydrogen-bond donors (Lipinski definition) is 2. The molecular weight excluding hydrogens is 242 g/mol. The molecule has 3 N–H and O–H groups in total. The van der Waals surface area contributed by atoms with Crippen LogP contribution in [0.25, 0.3) is 0 Å². The lowest BCUT2D eigenvalue weighted by Gasteiger charge is -2.30. The standard InChI is InChI=1S/C15H23NO3/c1-4-6-9-15(5-2,14(17)18)12-10-11(19-3)7-8-13(12)16/h7-8,10H,4-6,9,16H2,1-3H3,(H,17,18). The number of hydrogen-bond acceptors (Lipinski definition) is 3. The minimum atomic E-state index is -0.922. The zero-order chi connectivity index (χ0) is 14.5. The van der Waals surface area contributed by atoms with Crippen molar-refractivity contribution < 1.29 is 14.6 Å². The van der Waals surface area contributed by atoms with Crippen LogP contribution < -0.4 is 10.5 Å². The van der Waals surface area contributed by atoms with Gasteiger partial charge in [-0.05, 0) is 36.6 Å². The fraction of sp³-hybridized carbons (Fsp3) is 0.533. The summed E-state index contributed by atoms with van der Waals surface area (Å²) in [7, 11) is 1.57. The van der Waals surface area contributed by atoms with Crippen LogP contribution in [0, 0.1) is 0 Å². The van der Waals surface area contributed by atoms with Gasteiger partial charge >= 0.3 is 5.97 Å². The summed E-state index contributed by atoms with van der Waals surface area (Å²) in [5.41, 5.74) is 6.25. The number of aliphatic carboxylic acids is 1. The molecular formula is C15H23NO3. The maximum Gasteiger partial charge on any atom is 0.314 e. The van der Waals surface area contributed by atoms with Crippen LogP contribution in [0.15, 0.2) is 18.2 Å². The molecule has 0 aromatic heterocycles. The van der Waals surface area contributed by atoms with E-state index < -0.39 is 11.4 Å². The first-order chi connectivity index (χ1) is 9.01. The van der Waals surface area contributed by atoms with Crippen LogP contribution in [0.3, 0.4) is 0 Å². The van der Waals surface area contributed by atoms with Gasteiger partial charge in [-0.15, -0.1) is 0 Å². The Hall–Kier alpha value is -1.71. The highest BCUT2D eigenvalue weighted by atomic mass is 16.5. The molecule has 1 aromatic carbocycles. The van der Waals surface area contributed by atoms with Crippen molar-refractivity contribution >= 4 is 11.7 Å². The van der Waals surface area contributed by atoms with Gasteiger partial charge in [-0.1, -0.05) is 26.7 Å². The molecule has 1 atom stereocenters. The Morgan fingerprint density at radius 3 is 2.58 bits per heavy atom. The third kappa shape index (κ3) is 3.00. The van der Waals surface area contributed by atoms with E-state index in [1.165, 1.54) is 0 Å². The molecule has 0 aliphatic carbocycles. The normalized spacial score (nSPS) is 13.8. The second kappa shape index (κ2) is 6.45. The number of ether oxygens (including phenoxy) is 1. The second-order valence-electron chi connectivity index (χ2n) is 4.80. The molecule has 1 aromatic rings. The van der Waals surface area contributed by atoms with Gasteiger partial charge in [-0.2, -0.15) is 0 Å². The van der Waals surface area contributed by atoms with Crippen molar-refractivity contribution in [1.82, 2.24) is 0 Å². The molecule has 0 aliphatic heterocycles. The highest BCUT2D eigenvalue weighted by molar-refractivity contribution is 5.84. The van der Waals surface area contributed by atoms with Crippen molar-refractivity contribution in [1.29, 1.82) is 0 Å². The van der Waals surface area contributed by atoms with Crippen LogP contribution in [0.5, 0.6) is 5.75 Å². The van der Waals surface area contributed by atoms with Gasteiger partial charge in [0.2, 0.25) is 0 Å². The van der Waals surface area contributed by atoms with E-state index in [1.54, 1.807) is 25.3 Å². The lowest BCUT2D eigenvalue weighted by atomic mass is 9.73. The van der Waals surface area contributed by atoms with Crippen molar-refractivity contribution in [3.63, 3.8) is 0 Å². The Morgan fingerprint density at radius 2 is 2.11 bits per heavy atom. The lowest BCUT2D eigenvalue weighted by molar-refractivity contribution is -0.144. The van der Waals surface area contributed by atoms with Crippen molar-refractivity contribution in [2.24, 2.45) is 0 Å². The Kier molecular flexibility index (Phi) is 5.21. The average molecular weight is 265 g/mol. The molecule has 0 saturated carbocycles. The smallest absolute Gasteiger partial charge is 0.314 e. The number of nitrogen functional groups attached to an aromatic ring is 1. The van der Waals surface area contributed by atoms with Crippen LogP contribution in [-0.2, 0) is 10.2 Å². The summed E-state index contributed by atoms with van der Waals surface area (Å²) in [5, 5.41) is 9.70. The maximum absolute atomic E-state index is 11.8. The lowest BCUT2D eigenvalue weighted by Crippen LogP contribution is -2.36. The summed E-state index contributed by atoms with van der Waals surface area (Å²) in [6.45, 7) is 3.94. The zero-order valence-corrected chi connectivity index (χ0v) is 11.9. The monoisotopic (exact) mass is 265 g/mol. The predicted molar refractivity (Wildman–Crippen MR) is 76.5 cm³/mol. The van der Waals surface area contributed by atoms with Crippen LogP contribution in [-0.4, -0.2) is 18.2 Å². The van der Waals surface area contributed by atoms with Gasteiger partial charge in [0, 0.05) is 5.69 Å². The van der Waals surface area contributed by atoms with E-state index in [-0.39, 0.29) is 0 Å². The molecule has 1 rings (SSSR count). The van der Waals surface area contributed by atoms with E-state index in [0.717, 1.165) is 12.8 Å². The third-order valence-corrected chi connectivity index (χ3v) is 3.75. The number of unbranched alkanes of at least 4 members (excludes halogenated alkanes) is 1. The number of carboxylic acids is 1. The average Bonchev–Trinajstić information content (AvgIpc) is 2.41.